The van der Waals surface area contributed by atoms with Gasteiger partial charge in [0, 0.05) is 29.0 Å². The second-order valence-corrected chi connectivity index (χ2v) is 10.6. The van der Waals surface area contributed by atoms with Gasteiger partial charge in [0.15, 0.2) is 0 Å². The summed E-state index contributed by atoms with van der Waals surface area (Å²) in [6, 6.07) is 24.3. The molecule has 0 aliphatic rings. The molecule has 11 heteroatoms. The van der Waals surface area contributed by atoms with Crippen LogP contribution in [0.25, 0.3) is 23.4 Å². The molecular formula is C33H24Cl2F3N3O3. The molecule has 0 spiro atoms. The number of halogens is 5. The molecule has 5 rings (SSSR count). The van der Waals surface area contributed by atoms with E-state index in [2.05, 4.69) is 5.32 Å². The minimum Gasteiger partial charge on any atom is -0.480 e. The lowest BCUT2D eigenvalue weighted by Crippen LogP contribution is -2.12. The molecule has 6 nitrogen and oxygen atoms in total. The summed E-state index contributed by atoms with van der Waals surface area (Å²) < 4.78 is 46.1. The van der Waals surface area contributed by atoms with Crippen molar-refractivity contribution >= 4 is 47.0 Å². The molecule has 0 bridgehead atoms. The number of benzene rings is 4. The number of nitrogens with zero attached hydrogens (tertiary/aromatic N) is 2. The monoisotopic (exact) mass is 637 g/mol. The zero-order valence-corrected chi connectivity index (χ0v) is 24.4. The molecule has 44 heavy (non-hydrogen) atoms. The van der Waals surface area contributed by atoms with Crippen LogP contribution in [0, 0.1) is 0 Å². The lowest BCUT2D eigenvalue weighted by molar-refractivity contribution is -0.137. The van der Waals surface area contributed by atoms with Gasteiger partial charge in [0.25, 0.3) is 0 Å². The summed E-state index contributed by atoms with van der Waals surface area (Å²) in [6.07, 6.45) is 1.23. The molecular weight excluding hydrogens is 614 g/mol. The molecule has 0 atom stereocenters. The second-order valence-electron chi connectivity index (χ2n) is 9.71. The van der Waals surface area contributed by atoms with Crippen LogP contribution in [0.15, 0.2) is 97.2 Å². The summed E-state index contributed by atoms with van der Waals surface area (Å²) in [7, 11) is 0. The highest BCUT2D eigenvalue weighted by Crippen LogP contribution is 2.32. The third kappa shape index (κ3) is 8.00. The zero-order chi connectivity index (χ0) is 31.3. The number of carboxylic acids is 1. The Morgan fingerprint density at radius 2 is 1.57 bits per heavy atom. The van der Waals surface area contributed by atoms with Crippen molar-refractivity contribution in [1.29, 1.82) is 0 Å². The van der Waals surface area contributed by atoms with Crippen molar-refractivity contribution in [3.05, 3.63) is 130 Å². The van der Waals surface area contributed by atoms with E-state index in [1.54, 1.807) is 24.3 Å². The van der Waals surface area contributed by atoms with Crippen LogP contribution in [0.5, 0.6) is 11.5 Å². The van der Waals surface area contributed by atoms with E-state index in [9.17, 15) is 18.0 Å². The van der Waals surface area contributed by atoms with Crippen LogP contribution >= 0.6 is 23.2 Å². The van der Waals surface area contributed by atoms with Gasteiger partial charge in [0.2, 0.25) is 0 Å². The highest BCUT2D eigenvalue weighted by Gasteiger charge is 2.30. The highest BCUT2D eigenvalue weighted by atomic mass is 35.5. The maximum absolute atomic E-state index is 12.8. The Morgan fingerprint density at radius 3 is 2.18 bits per heavy atom. The normalized spacial score (nSPS) is 11.6. The van der Waals surface area contributed by atoms with E-state index in [1.807, 2.05) is 65.4 Å². The summed E-state index contributed by atoms with van der Waals surface area (Å²) in [6.45, 7) is 0.306. The van der Waals surface area contributed by atoms with Gasteiger partial charge < -0.3 is 19.7 Å². The van der Waals surface area contributed by atoms with Crippen LogP contribution < -0.4 is 10.1 Å². The van der Waals surface area contributed by atoms with Crippen LogP contribution in [0.3, 0.4) is 0 Å². The number of hydrogen-bond donors (Lipinski definition) is 2. The number of carbonyl (C=O) groups is 1. The topological polar surface area (TPSA) is 76.4 Å². The molecule has 0 aliphatic heterocycles. The number of rotatable bonds is 10. The number of carboxylic acid groups (broad SMARTS) is 1. The maximum atomic E-state index is 12.8. The van der Waals surface area contributed by atoms with Crippen LogP contribution in [0.2, 0.25) is 10.0 Å². The first kappa shape index (κ1) is 30.7. The molecule has 5 aromatic rings. The van der Waals surface area contributed by atoms with Crippen LogP contribution in [0.1, 0.15) is 22.5 Å². The van der Waals surface area contributed by atoms with Gasteiger partial charge in [-0.2, -0.15) is 13.2 Å². The van der Waals surface area contributed by atoms with Crippen LogP contribution in [-0.4, -0.2) is 27.2 Å². The Bertz CT molecular complexity index is 1790. The van der Waals surface area contributed by atoms with Crippen molar-refractivity contribution in [3.63, 3.8) is 0 Å². The lowest BCUT2D eigenvalue weighted by Gasteiger charge is -2.09. The lowest BCUT2D eigenvalue weighted by atomic mass is 10.1. The number of alkyl halides is 3. The molecule has 0 saturated heterocycles. The fraction of sp³-hybridized carbons (Fsp3) is 0.0909. The predicted molar refractivity (Wildman–Crippen MR) is 166 cm³/mol. The smallest absolute Gasteiger partial charge is 0.416 e. The van der Waals surface area contributed by atoms with E-state index in [4.69, 9.17) is 38.0 Å². The summed E-state index contributed by atoms with van der Waals surface area (Å²) in [4.78, 5) is 15.7. The summed E-state index contributed by atoms with van der Waals surface area (Å²) in [5.74, 6) is 0.481. The fourth-order valence-electron chi connectivity index (χ4n) is 4.29. The Morgan fingerprint density at radius 1 is 0.909 bits per heavy atom. The van der Waals surface area contributed by atoms with Gasteiger partial charge >= 0.3 is 12.1 Å². The standard InChI is InChI=1S/C33H24Cl2F3N3O3/c34-24-8-15-28(29(35)17-24)30-20-41(19-22-1-9-25(10-2-22)39-18-32(42)43)31(40-30)16-5-21-3-11-26(12-4-21)44-27-13-6-23(7-14-27)33(36,37)38/h1-17,20,39H,18-19H2,(H,42,43). The average Bonchev–Trinajstić information content (AvgIpc) is 3.38. The van der Waals surface area contributed by atoms with Crippen molar-refractivity contribution < 1.29 is 27.8 Å². The SMILES string of the molecule is O=C(O)CNc1ccc(Cn2cc(-c3ccc(Cl)cc3Cl)nc2C=Cc2ccc(Oc3ccc(C(F)(F)F)cc3)cc2)cc1. The molecule has 0 radical (unpaired) electrons. The van der Waals surface area contributed by atoms with Crippen molar-refractivity contribution in [2.75, 3.05) is 11.9 Å². The van der Waals surface area contributed by atoms with Gasteiger partial charge in [-0.15, -0.1) is 0 Å². The Hall–Kier alpha value is -4.73. The van der Waals surface area contributed by atoms with E-state index in [0.29, 0.717) is 45.3 Å². The molecule has 0 unspecified atom stereocenters. The van der Waals surface area contributed by atoms with E-state index >= 15 is 0 Å². The Labute approximate surface area is 261 Å². The first-order valence-corrected chi connectivity index (χ1v) is 14.0. The average molecular weight is 638 g/mol. The molecule has 1 aromatic heterocycles. The molecule has 0 amide bonds. The van der Waals surface area contributed by atoms with Gasteiger partial charge in [-0.05, 0) is 83.9 Å². The molecule has 1 heterocycles. The Balaban J connectivity index is 1.35. The molecule has 0 fully saturated rings. The van der Waals surface area contributed by atoms with Gasteiger partial charge in [0.05, 0.1) is 16.3 Å². The van der Waals surface area contributed by atoms with Gasteiger partial charge in [-0.3, -0.25) is 4.79 Å². The molecule has 0 saturated carbocycles. The first-order valence-electron chi connectivity index (χ1n) is 13.2. The van der Waals surface area contributed by atoms with Gasteiger partial charge in [-0.1, -0.05) is 53.5 Å². The maximum Gasteiger partial charge on any atom is 0.416 e. The predicted octanol–water partition coefficient (Wildman–Crippen LogP) is 9.38. The van der Waals surface area contributed by atoms with E-state index in [0.717, 1.165) is 28.8 Å². The first-order chi connectivity index (χ1) is 21.0. The van der Waals surface area contributed by atoms with Crippen molar-refractivity contribution in [2.24, 2.45) is 0 Å². The third-order valence-electron chi connectivity index (χ3n) is 6.49. The molecule has 224 valence electrons. The number of aliphatic carboxylic acids is 1. The molecule has 0 aliphatic carbocycles. The number of aromatic nitrogens is 2. The number of ether oxygens (including phenoxy) is 1. The van der Waals surface area contributed by atoms with Crippen molar-refractivity contribution in [3.8, 4) is 22.8 Å². The van der Waals surface area contributed by atoms with Crippen LogP contribution in [-0.2, 0) is 17.5 Å². The summed E-state index contributed by atoms with van der Waals surface area (Å²) >= 11 is 12.6. The van der Waals surface area contributed by atoms with E-state index < -0.39 is 17.7 Å². The fourth-order valence-corrected chi connectivity index (χ4v) is 4.79. The number of imidazole rings is 1. The number of anilines is 1. The van der Waals surface area contributed by atoms with Crippen LogP contribution in [0.4, 0.5) is 18.9 Å². The molecule has 2 N–H and O–H groups in total. The van der Waals surface area contributed by atoms with E-state index in [1.165, 1.54) is 12.1 Å². The van der Waals surface area contributed by atoms with Gasteiger partial charge in [-0.25, -0.2) is 4.98 Å². The Kier molecular flexibility index (Phi) is 9.27. The molecule has 4 aromatic carbocycles. The largest absolute Gasteiger partial charge is 0.480 e. The number of nitrogens with one attached hydrogen (secondary N) is 1. The quantitative estimate of drug-likeness (QED) is 0.159. The van der Waals surface area contributed by atoms with E-state index in [-0.39, 0.29) is 6.54 Å². The third-order valence-corrected chi connectivity index (χ3v) is 7.04. The summed E-state index contributed by atoms with van der Waals surface area (Å²) in [5.41, 5.74) is 3.15. The van der Waals surface area contributed by atoms with Crippen molar-refractivity contribution in [2.45, 2.75) is 12.7 Å². The number of hydrogen-bond acceptors (Lipinski definition) is 4. The summed E-state index contributed by atoms with van der Waals surface area (Å²) in [5, 5.41) is 12.7. The highest BCUT2D eigenvalue weighted by molar-refractivity contribution is 6.36. The minimum absolute atomic E-state index is 0.177. The zero-order valence-electron chi connectivity index (χ0n) is 22.9. The van der Waals surface area contributed by atoms with Crippen molar-refractivity contribution in [1.82, 2.24) is 9.55 Å². The minimum atomic E-state index is -4.41. The van der Waals surface area contributed by atoms with Gasteiger partial charge in [0.1, 0.15) is 23.9 Å². The second kappa shape index (κ2) is 13.3.